The van der Waals surface area contributed by atoms with Gasteiger partial charge in [-0.25, -0.2) is 28.9 Å². The number of carbonyl (C=O) groups is 2. The van der Waals surface area contributed by atoms with Crippen LogP contribution in [-0.4, -0.2) is 108 Å². The molecule has 1 fully saturated rings. The van der Waals surface area contributed by atoms with Crippen molar-refractivity contribution in [2.75, 3.05) is 13.2 Å². The molecule has 0 saturated heterocycles. The van der Waals surface area contributed by atoms with Gasteiger partial charge in [0.25, 0.3) is 0 Å². The van der Waals surface area contributed by atoms with Crippen molar-refractivity contribution in [1.82, 2.24) is 6.15 Å². The number of esters is 1. The van der Waals surface area contributed by atoms with Gasteiger partial charge in [-0.3, -0.25) is 13.6 Å². The van der Waals surface area contributed by atoms with Gasteiger partial charge in [-0.05, 0) is 84.5 Å². The van der Waals surface area contributed by atoms with Crippen molar-refractivity contribution in [2.24, 2.45) is 0 Å². The van der Waals surface area contributed by atoms with Crippen LogP contribution in [0.5, 0.6) is 0 Å². The first-order chi connectivity index (χ1) is 25.6. The minimum Gasteiger partial charge on any atom is -0.452 e. The van der Waals surface area contributed by atoms with Crippen molar-refractivity contribution >= 4 is 27.8 Å². The summed E-state index contributed by atoms with van der Waals surface area (Å²) >= 11 is 0. The van der Waals surface area contributed by atoms with Crippen molar-refractivity contribution in [2.45, 2.75) is 49.7 Å². The van der Waals surface area contributed by atoms with E-state index in [0.29, 0.717) is 0 Å². The molecular weight excluding hydrogens is 820 g/mol. The molecule has 0 aliphatic heterocycles. The van der Waals surface area contributed by atoms with Gasteiger partial charge in [-0.2, -0.15) is 0 Å². The molecule has 356 valence electrons. The lowest BCUT2D eigenvalue weighted by Crippen LogP contribution is -2.64. The first-order valence-electron chi connectivity index (χ1n) is 12.8. The number of aliphatic hydroxyl groups excluding tert-OH is 4. The normalized spacial score (nSPS) is 21.5. The second-order valence-corrected chi connectivity index (χ2v) is 10.8. The summed E-state index contributed by atoms with van der Waals surface area (Å²) in [6.07, 6.45) is -18.3. The van der Waals surface area contributed by atoms with Gasteiger partial charge < -0.3 is 50.7 Å². The third-order valence-corrected chi connectivity index (χ3v) is 6.29. The standard InChI is InChI=1S/C22H22O30P2.H3N.24H2/c1-2-3-4-5-6-7-8-9-10-11-15(23)35-12-14(37-22(28)38-42-44-46-48-50-52-51-49-47-45-43-41-29)13-36-54(33,34)40-21-18(26)16(24)17(25)20(19(21)27)39-53(30,31)32;;;;;;;;;;;;;;;;;;;;;;;;;/h14,16-21,24-27,29H,12-13H2,1H3,(H,33,34)(H2,30,31,32);1H3;24*1H/t14-,16?,17-,18+,19?,20-,21?;;;;;;;;;;;;;;;;;;;;;;;;;/m1........................./s1. The van der Waals surface area contributed by atoms with Gasteiger partial charge in [0, 0.05) is 70.4 Å². The van der Waals surface area contributed by atoms with Crippen molar-refractivity contribution in [3.8, 4) is 59.2 Å². The van der Waals surface area contributed by atoms with Crippen LogP contribution in [0.25, 0.3) is 0 Å². The molecule has 0 aromatic heterocycles. The zero-order valence-corrected chi connectivity index (χ0v) is 28.4. The molecule has 0 aromatic carbocycles. The Bertz CT molecular complexity index is 1670. The Morgan fingerprint density at radius 1 is 0.655 bits per heavy atom. The molecule has 0 aromatic rings. The molecule has 1 rings (SSSR count). The topological polar surface area (TPSA) is 431 Å². The van der Waals surface area contributed by atoms with E-state index < -0.39 is 83.7 Å². The van der Waals surface area contributed by atoms with E-state index in [1.54, 1.807) is 6.92 Å². The van der Waals surface area contributed by atoms with E-state index >= 15 is 0 Å². The van der Waals surface area contributed by atoms with Crippen LogP contribution in [0.4, 0.5) is 4.79 Å². The van der Waals surface area contributed by atoms with Gasteiger partial charge in [0.1, 0.15) is 43.2 Å². The lowest BCUT2D eigenvalue weighted by Gasteiger charge is -2.43. The average Bonchev–Trinajstić information content (AvgIpc) is 3.11. The Labute approximate surface area is 339 Å². The van der Waals surface area contributed by atoms with E-state index in [9.17, 15) is 44.0 Å². The fourth-order valence-corrected chi connectivity index (χ4v) is 4.46. The Morgan fingerprint density at radius 3 is 1.64 bits per heavy atom. The van der Waals surface area contributed by atoms with Crippen molar-refractivity contribution in [3.63, 3.8) is 0 Å². The largest absolute Gasteiger partial charge is 0.543 e. The predicted molar refractivity (Wildman–Crippen MR) is 200 cm³/mol. The van der Waals surface area contributed by atoms with Gasteiger partial charge in [0.15, 0.2) is 6.10 Å². The predicted octanol–water partition coefficient (Wildman–Crippen LogP) is 2.24. The van der Waals surface area contributed by atoms with E-state index in [0.717, 1.165) is 0 Å². The molecule has 8 atom stereocenters. The molecule has 0 radical (unpaired) electrons. The zero-order valence-electron chi connectivity index (χ0n) is 26.6. The number of carbonyl (C=O) groups excluding carboxylic acids is 2. The number of hydrogen-bond acceptors (Lipinski definition) is 28. The molecule has 11 N–H and O–H groups in total. The summed E-state index contributed by atoms with van der Waals surface area (Å²) in [6.45, 7) is -0.776. The third-order valence-electron chi connectivity index (χ3n) is 4.78. The molecule has 1 aliphatic carbocycles. The molecule has 33 heteroatoms. The molecule has 1 saturated carbocycles. The van der Waals surface area contributed by atoms with Crippen LogP contribution in [0.3, 0.4) is 0 Å². The molecule has 1 aliphatic rings. The summed E-state index contributed by atoms with van der Waals surface area (Å²) < 4.78 is 46.6. The second-order valence-electron chi connectivity index (χ2n) is 8.23. The van der Waals surface area contributed by atoms with Crippen LogP contribution >= 0.6 is 15.6 Å². The second kappa shape index (κ2) is 28.4. The lowest BCUT2D eigenvalue weighted by molar-refractivity contribution is -0.874. The van der Waals surface area contributed by atoms with Crippen LogP contribution in [0.1, 0.15) is 41.2 Å². The number of phosphoric ester groups is 2. The third kappa shape index (κ3) is 23.5. The summed E-state index contributed by atoms with van der Waals surface area (Å²) in [7, 11) is -11.0. The van der Waals surface area contributed by atoms with Crippen molar-refractivity contribution in [3.05, 3.63) is 0 Å². The SMILES string of the molecule is CC#CC#CC#CC#CC#CC(=O)OC[C@H](COP(=O)(O)OC1C(O)[C@H](OP(=O)(O)O)[C@H](O)C(O)[C@@H]1O)OC(=O)OOOOOOOOOOOOOO.N.[HH].[HH].[HH].[HH].[HH].[HH].[HH].[HH].[HH].[HH].[HH].[HH].[HH].[HH].[HH].[HH].[HH].[HH].[HH].[HH].[HH].[HH].[HH].[HH]. The minimum absolute atomic E-state index is 0. The smallest absolute Gasteiger partial charge is 0.452 e. The van der Waals surface area contributed by atoms with Gasteiger partial charge in [0.05, 0.1) is 6.61 Å². The van der Waals surface area contributed by atoms with Crippen molar-refractivity contribution < 1.29 is 182 Å². The maximum Gasteiger partial charge on any atom is 0.543 e. The highest BCUT2D eigenvalue weighted by molar-refractivity contribution is 7.47. The van der Waals surface area contributed by atoms with Crippen LogP contribution in [-0.2, 0) is 102 Å². The quantitative estimate of drug-likeness (QED) is 0.0143. The number of aliphatic hydroxyl groups is 4. The molecule has 4 unspecified atom stereocenters. The first kappa shape index (κ1) is 51.0. The molecule has 0 amide bonds. The first-order valence-corrected chi connectivity index (χ1v) is 15.9. The fourth-order valence-electron chi connectivity index (χ4n) is 2.92. The zero-order chi connectivity index (χ0) is 40.4. The van der Waals surface area contributed by atoms with Gasteiger partial charge in [-0.1, -0.05) is 5.92 Å². The van der Waals surface area contributed by atoms with E-state index in [-0.39, 0.29) is 40.4 Å². The Balaban J connectivity index is -0.0000000507. The highest BCUT2D eigenvalue weighted by atomic mass is 31.2. The van der Waals surface area contributed by atoms with Gasteiger partial charge in [-0.15, -0.1) is 0 Å². The molecule has 55 heavy (non-hydrogen) atoms. The Kier molecular flexibility index (Phi) is 26.4. The molecular formula is C22H73NO30P2. The summed E-state index contributed by atoms with van der Waals surface area (Å²) in [6, 6.07) is 0. The number of hydrogen-bond donors (Lipinski definition) is 9. The Morgan fingerprint density at radius 2 is 1.13 bits per heavy atom. The summed E-state index contributed by atoms with van der Waals surface area (Å²) in [5.74, 6) is 21.2. The molecule has 0 spiro atoms. The van der Waals surface area contributed by atoms with Crippen LogP contribution < -0.4 is 6.15 Å². The number of phosphoric acid groups is 2. The molecule has 0 heterocycles. The van der Waals surface area contributed by atoms with Crippen LogP contribution in [0.2, 0.25) is 0 Å². The number of ether oxygens (including phenoxy) is 2. The fraction of sp³-hybridized carbons (Fsp3) is 0.455. The lowest BCUT2D eigenvalue weighted by atomic mass is 9.85. The van der Waals surface area contributed by atoms with Crippen LogP contribution in [0.15, 0.2) is 0 Å². The highest BCUT2D eigenvalue weighted by Crippen LogP contribution is 2.48. The number of rotatable bonds is 22. The maximum absolute atomic E-state index is 12.6. The summed E-state index contributed by atoms with van der Waals surface area (Å²) in [4.78, 5) is 56.0. The van der Waals surface area contributed by atoms with E-state index in [1.165, 1.54) is 0 Å². The summed E-state index contributed by atoms with van der Waals surface area (Å²) in [5.41, 5.74) is 0. The van der Waals surface area contributed by atoms with Gasteiger partial charge in [0.2, 0.25) is 0 Å². The van der Waals surface area contributed by atoms with Crippen LogP contribution in [0, 0.1) is 59.2 Å². The Hall–Kier alpha value is -3.96. The average molecular weight is 894 g/mol. The molecule has 31 nitrogen and oxygen atoms in total. The minimum atomic E-state index is -5.58. The highest BCUT2D eigenvalue weighted by Gasteiger charge is 2.54. The van der Waals surface area contributed by atoms with Gasteiger partial charge >= 0.3 is 27.8 Å². The van der Waals surface area contributed by atoms with E-state index in [2.05, 4.69) is 131 Å². The van der Waals surface area contributed by atoms with Crippen molar-refractivity contribution in [1.29, 1.82) is 0 Å². The maximum atomic E-state index is 12.6. The monoisotopic (exact) mass is 893 g/mol. The van der Waals surface area contributed by atoms with E-state index in [1.807, 2.05) is 11.8 Å². The summed E-state index contributed by atoms with van der Waals surface area (Å²) in [5, 5.41) is 89.6. The van der Waals surface area contributed by atoms with E-state index in [4.69, 9.17) is 19.8 Å². The molecule has 0 bridgehead atoms.